The van der Waals surface area contributed by atoms with Gasteiger partial charge in [0.1, 0.15) is 16.8 Å². The van der Waals surface area contributed by atoms with Crippen molar-refractivity contribution in [1.29, 1.82) is 5.26 Å². The molecule has 0 saturated carbocycles. The van der Waals surface area contributed by atoms with Crippen LogP contribution in [0.4, 0.5) is 5.00 Å². The van der Waals surface area contributed by atoms with Crippen molar-refractivity contribution in [3.05, 3.63) is 44.2 Å². The van der Waals surface area contributed by atoms with E-state index in [1.165, 1.54) is 10.4 Å². The first-order chi connectivity index (χ1) is 10.6. The van der Waals surface area contributed by atoms with Crippen molar-refractivity contribution in [2.75, 3.05) is 0 Å². The van der Waals surface area contributed by atoms with Gasteiger partial charge in [-0.3, -0.25) is 0 Å². The number of nitrogens with zero attached hydrogens (tertiary/aromatic N) is 2. The van der Waals surface area contributed by atoms with E-state index >= 15 is 0 Å². The Labute approximate surface area is 142 Å². The zero-order valence-electron chi connectivity index (χ0n) is 12.1. The highest BCUT2D eigenvalue weighted by Crippen LogP contribution is 2.40. The van der Waals surface area contributed by atoms with Gasteiger partial charge in [-0.15, -0.1) is 11.3 Å². The van der Waals surface area contributed by atoms with E-state index in [1.807, 2.05) is 0 Å². The molecule has 1 aliphatic rings. The molecule has 1 atom stereocenters. The maximum Gasteiger partial charge on any atom is 0.134 e. The Balaban J connectivity index is 1.97. The topological polar surface area (TPSA) is 56.4 Å². The summed E-state index contributed by atoms with van der Waals surface area (Å²) in [6.45, 7) is 2.25. The lowest BCUT2D eigenvalue weighted by Crippen LogP contribution is -2.09. The van der Waals surface area contributed by atoms with E-state index in [0.29, 0.717) is 17.0 Å². The van der Waals surface area contributed by atoms with Gasteiger partial charge in [0.05, 0.1) is 5.56 Å². The van der Waals surface area contributed by atoms with Crippen LogP contribution in [0.5, 0.6) is 5.75 Å². The molecule has 0 aliphatic heterocycles. The Hall–Kier alpha value is -1.64. The van der Waals surface area contributed by atoms with E-state index in [9.17, 15) is 10.4 Å². The van der Waals surface area contributed by atoms with Crippen LogP contribution in [-0.4, -0.2) is 11.3 Å². The van der Waals surface area contributed by atoms with E-state index in [2.05, 4.69) is 33.9 Å². The van der Waals surface area contributed by atoms with E-state index in [0.717, 1.165) is 28.7 Å². The number of hydrogen-bond acceptors (Lipinski definition) is 4. The Bertz CT molecular complexity index is 789. The van der Waals surface area contributed by atoms with Gasteiger partial charge in [-0.1, -0.05) is 22.9 Å². The van der Waals surface area contributed by atoms with E-state index in [4.69, 9.17) is 0 Å². The molecule has 3 rings (SSSR count). The first-order valence-corrected chi connectivity index (χ1v) is 8.76. The Morgan fingerprint density at radius 2 is 2.32 bits per heavy atom. The molecule has 1 aromatic heterocycles. The molecule has 0 saturated heterocycles. The van der Waals surface area contributed by atoms with E-state index in [1.54, 1.807) is 35.8 Å². The van der Waals surface area contributed by atoms with E-state index < -0.39 is 0 Å². The largest absolute Gasteiger partial charge is 0.507 e. The lowest BCUT2D eigenvalue weighted by molar-refractivity contribution is 0.474. The minimum absolute atomic E-state index is 0.181. The summed E-state index contributed by atoms with van der Waals surface area (Å²) in [5.74, 6) is 0.851. The fraction of sp³-hybridized carbons (Fsp3) is 0.294. The monoisotopic (exact) mass is 374 g/mol. The lowest BCUT2D eigenvalue weighted by atomic mass is 9.89. The average Bonchev–Trinajstić information content (AvgIpc) is 2.84. The number of nitriles is 1. The number of phenols is 1. The van der Waals surface area contributed by atoms with Crippen LogP contribution in [0, 0.1) is 17.2 Å². The molecule has 1 unspecified atom stereocenters. The third-order valence-corrected chi connectivity index (χ3v) is 5.57. The number of fused-ring (bicyclic) bond motifs is 1. The van der Waals surface area contributed by atoms with Gasteiger partial charge in [-0.05, 0) is 48.9 Å². The summed E-state index contributed by atoms with van der Waals surface area (Å²) in [5, 5.41) is 20.1. The van der Waals surface area contributed by atoms with Gasteiger partial charge in [0, 0.05) is 21.1 Å². The first kappa shape index (κ1) is 15.3. The van der Waals surface area contributed by atoms with Crippen LogP contribution >= 0.6 is 27.3 Å². The second-order valence-electron chi connectivity index (χ2n) is 5.61. The maximum absolute atomic E-state index is 9.86. The second-order valence-corrected chi connectivity index (χ2v) is 7.60. The molecule has 0 bridgehead atoms. The summed E-state index contributed by atoms with van der Waals surface area (Å²) in [7, 11) is 0. The predicted molar refractivity (Wildman–Crippen MR) is 93.3 cm³/mol. The van der Waals surface area contributed by atoms with Gasteiger partial charge in [-0.2, -0.15) is 5.26 Å². The molecular weight excluding hydrogens is 360 g/mol. The third-order valence-electron chi connectivity index (χ3n) is 3.92. The maximum atomic E-state index is 9.86. The van der Waals surface area contributed by atoms with Crippen molar-refractivity contribution in [2.24, 2.45) is 10.9 Å². The van der Waals surface area contributed by atoms with Crippen LogP contribution in [0.2, 0.25) is 0 Å². The molecule has 0 fully saturated rings. The summed E-state index contributed by atoms with van der Waals surface area (Å²) < 4.78 is 0.881. The number of benzene rings is 1. The fourth-order valence-corrected chi connectivity index (χ4v) is 4.38. The van der Waals surface area contributed by atoms with Gasteiger partial charge in [0.15, 0.2) is 0 Å². The minimum Gasteiger partial charge on any atom is -0.507 e. The number of aromatic hydroxyl groups is 1. The van der Waals surface area contributed by atoms with Gasteiger partial charge in [0.25, 0.3) is 0 Å². The molecule has 0 radical (unpaired) electrons. The van der Waals surface area contributed by atoms with E-state index in [-0.39, 0.29) is 5.75 Å². The fourth-order valence-electron chi connectivity index (χ4n) is 2.70. The van der Waals surface area contributed by atoms with Crippen molar-refractivity contribution in [3.8, 4) is 11.8 Å². The molecule has 112 valence electrons. The molecule has 1 aromatic carbocycles. The summed E-state index contributed by atoms with van der Waals surface area (Å²) in [4.78, 5) is 5.76. The normalized spacial score (nSPS) is 17.4. The first-order valence-electron chi connectivity index (χ1n) is 7.15. The standard InChI is InChI=1S/C17H15BrN2OS/c1-10-2-4-13-14(8-19)17(22-16(13)6-10)20-9-11-7-12(18)3-5-15(11)21/h3,5,7,9-10,21H,2,4,6H2,1H3/b20-9+. The van der Waals surface area contributed by atoms with Gasteiger partial charge in [-0.25, -0.2) is 4.99 Å². The SMILES string of the molecule is CC1CCc2c(sc(/N=C/c3cc(Br)ccc3O)c2C#N)C1. The van der Waals surface area contributed by atoms with Crippen LogP contribution in [-0.2, 0) is 12.8 Å². The molecule has 3 nitrogen and oxygen atoms in total. The molecule has 0 spiro atoms. The van der Waals surface area contributed by atoms with Crippen LogP contribution in [0.15, 0.2) is 27.7 Å². The van der Waals surface area contributed by atoms with Crippen molar-refractivity contribution in [3.63, 3.8) is 0 Å². The lowest BCUT2D eigenvalue weighted by Gasteiger charge is -2.17. The highest BCUT2D eigenvalue weighted by molar-refractivity contribution is 9.10. The zero-order valence-corrected chi connectivity index (χ0v) is 14.5. The number of rotatable bonds is 2. The van der Waals surface area contributed by atoms with Crippen molar-refractivity contribution in [2.45, 2.75) is 26.2 Å². The summed E-state index contributed by atoms with van der Waals surface area (Å²) >= 11 is 4.99. The van der Waals surface area contributed by atoms with Gasteiger partial charge in [0.2, 0.25) is 0 Å². The van der Waals surface area contributed by atoms with Crippen LogP contribution in [0.25, 0.3) is 0 Å². The Morgan fingerprint density at radius 3 is 3.09 bits per heavy atom. The van der Waals surface area contributed by atoms with Crippen molar-refractivity contribution >= 4 is 38.5 Å². The summed E-state index contributed by atoms with van der Waals surface area (Å²) in [6.07, 6.45) is 4.76. The van der Waals surface area contributed by atoms with Crippen molar-refractivity contribution < 1.29 is 5.11 Å². The zero-order chi connectivity index (χ0) is 15.7. The minimum atomic E-state index is 0.181. The number of hydrogen-bond donors (Lipinski definition) is 1. The number of aliphatic imine (C=N–C) groups is 1. The Kier molecular flexibility index (Phi) is 4.32. The highest BCUT2D eigenvalue weighted by Gasteiger charge is 2.23. The third kappa shape index (κ3) is 2.94. The molecule has 1 N–H and O–H groups in total. The molecular formula is C17H15BrN2OS. The molecule has 5 heteroatoms. The molecule has 2 aromatic rings. The average molecular weight is 375 g/mol. The smallest absolute Gasteiger partial charge is 0.134 e. The molecule has 1 heterocycles. The number of halogens is 1. The van der Waals surface area contributed by atoms with Crippen LogP contribution < -0.4 is 0 Å². The summed E-state index contributed by atoms with van der Waals surface area (Å²) in [6, 6.07) is 7.51. The number of phenolic OH excluding ortho intramolecular Hbond substituents is 1. The molecule has 1 aliphatic carbocycles. The molecule has 0 amide bonds. The van der Waals surface area contributed by atoms with Crippen LogP contribution in [0.3, 0.4) is 0 Å². The number of thiophene rings is 1. The Morgan fingerprint density at radius 1 is 1.50 bits per heavy atom. The summed E-state index contributed by atoms with van der Waals surface area (Å²) in [5.41, 5.74) is 2.52. The van der Waals surface area contributed by atoms with Crippen molar-refractivity contribution in [1.82, 2.24) is 0 Å². The quantitative estimate of drug-likeness (QED) is 0.754. The predicted octanol–water partition coefficient (Wildman–Crippen LogP) is 4.96. The van der Waals surface area contributed by atoms with Gasteiger partial charge >= 0.3 is 0 Å². The highest BCUT2D eigenvalue weighted by atomic mass is 79.9. The van der Waals surface area contributed by atoms with Crippen LogP contribution in [0.1, 0.15) is 34.9 Å². The molecule has 22 heavy (non-hydrogen) atoms. The van der Waals surface area contributed by atoms with Gasteiger partial charge < -0.3 is 5.11 Å². The second kappa shape index (κ2) is 6.23.